The van der Waals surface area contributed by atoms with Gasteiger partial charge in [-0.3, -0.25) is 4.21 Å². The summed E-state index contributed by atoms with van der Waals surface area (Å²) < 4.78 is 13.8. The highest BCUT2D eigenvalue weighted by Gasteiger charge is 2.53. The van der Waals surface area contributed by atoms with E-state index in [0.29, 0.717) is 5.75 Å². The van der Waals surface area contributed by atoms with Crippen molar-refractivity contribution in [3.8, 4) is 0 Å². The molecule has 0 aromatic rings. The molecule has 0 amide bonds. The van der Waals surface area contributed by atoms with E-state index in [9.17, 15) is 4.21 Å². The zero-order valence-corrected chi connectivity index (χ0v) is 12.8. The Balaban J connectivity index is 1.77. The van der Waals surface area contributed by atoms with Crippen LogP contribution < -0.4 is 0 Å². The first kappa shape index (κ1) is 12.6. The quantitative estimate of drug-likeness (QED) is 0.741. The highest BCUT2D eigenvalue weighted by Crippen LogP contribution is 2.57. The van der Waals surface area contributed by atoms with Crippen molar-refractivity contribution in [3.05, 3.63) is 0 Å². The molecule has 4 fully saturated rings. The predicted octanol–water partition coefficient (Wildman–Crippen LogP) is 3.39. The summed E-state index contributed by atoms with van der Waals surface area (Å²) in [6, 6.07) is 0. The van der Waals surface area contributed by atoms with Gasteiger partial charge >= 0.3 is 0 Å². The fourth-order valence-corrected chi connectivity index (χ4v) is 7.53. The third kappa shape index (κ3) is 2.25. The second-order valence-electron chi connectivity index (χ2n) is 6.17. The molecule has 4 heteroatoms. The summed E-state index contributed by atoms with van der Waals surface area (Å²) >= 11 is 6.85. The summed E-state index contributed by atoms with van der Waals surface area (Å²) in [5.74, 6) is 3.30. The van der Waals surface area contributed by atoms with E-state index in [1.54, 1.807) is 11.8 Å². The number of thiocarbonyl (C=S) groups is 1. The van der Waals surface area contributed by atoms with Crippen molar-refractivity contribution in [2.24, 2.45) is 17.8 Å². The molecule has 1 nitrogen and oxygen atoms in total. The first-order chi connectivity index (χ1) is 8.11. The fraction of sp³-hybridized carbons (Fsp3) is 0.923. The zero-order valence-electron chi connectivity index (χ0n) is 10.3. The van der Waals surface area contributed by atoms with E-state index in [1.165, 1.54) is 38.5 Å². The predicted molar refractivity (Wildman–Crippen MR) is 80.0 cm³/mol. The largest absolute Gasteiger partial charge is 0.259 e. The van der Waals surface area contributed by atoms with Crippen molar-refractivity contribution in [1.82, 2.24) is 0 Å². The SMILES string of the molecule is CSC(=S)CS(=O)C12CC3CC(CC(C3)C1)C2. The minimum atomic E-state index is -0.717. The molecule has 4 aliphatic carbocycles. The highest BCUT2D eigenvalue weighted by atomic mass is 32.2. The number of rotatable bonds is 3. The molecule has 0 aromatic heterocycles. The summed E-state index contributed by atoms with van der Waals surface area (Å²) in [5.41, 5.74) is 0. The molecule has 0 aliphatic heterocycles. The average Bonchev–Trinajstić information content (AvgIpc) is 2.26. The van der Waals surface area contributed by atoms with Gasteiger partial charge in [-0.1, -0.05) is 12.2 Å². The van der Waals surface area contributed by atoms with Crippen LogP contribution in [0.4, 0.5) is 0 Å². The molecular formula is C13H20OS3. The Morgan fingerprint density at radius 3 is 2.12 bits per heavy atom. The van der Waals surface area contributed by atoms with Crippen LogP contribution in [0.1, 0.15) is 38.5 Å². The third-order valence-electron chi connectivity index (χ3n) is 4.94. The van der Waals surface area contributed by atoms with Crippen LogP contribution in [0, 0.1) is 17.8 Å². The molecule has 0 spiro atoms. The molecule has 4 saturated carbocycles. The summed E-state index contributed by atoms with van der Waals surface area (Å²) in [5, 5.41) is 0. The van der Waals surface area contributed by atoms with Gasteiger partial charge in [-0.25, -0.2) is 0 Å². The molecule has 4 rings (SSSR count). The van der Waals surface area contributed by atoms with Crippen molar-refractivity contribution in [1.29, 1.82) is 0 Å². The first-order valence-electron chi connectivity index (χ1n) is 6.56. The Morgan fingerprint density at radius 1 is 1.24 bits per heavy atom. The van der Waals surface area contributed by atoms with Gasteiger partial charge in [0.2, 0.25) is 0 Å². The minimum absolute atomic E-state index is 0.161. The highest BCUT2D eigenvalue weighted by molar-refractivity contribution is 8.23. The molecule has 0 aromatic carbocycles. The average molecular weight is 289 g/mol. The van der Waals surface area contributed by atoms with Crippen LogP contribution in [0.5, 0.6) is 0 Å². The lowest BCUT2D eigenvalue weighted by atomic mass is 9.56. The first-order valence-corrected chi connectivity index (χ1v) is 9.52. The zero-order chi connectivity index (χ0) is 12.0. The van der Waals surface area contributed by atoms with Crippen molar-refractivity contribution in [3.63, 3.8) is 0 Å². The van der Waals surface area contributed by atoms with E-state index in [2.05, 4.69) is 0 Å². The molecule has 1 unspecified atom stereocenters. The Hall–Kier alpha value is 0.590. The Morgan fingerprint density at radius 2 is 1.71 bits per heavy atom. The lowest BCUT2D eigenvalue weighted by molar-refractivity contribution is 0.0362. The smallest absolute Gasteiger partial charge is 0.0654 e. The van der Waals surface area contributed by atoms with Crippen molar-refractivity contribution < 1.29 is 4.21 Å². The molecule has 0 N–H and O–H groups in total. The Labute approximate surface area is 116 Å². The van der Waals surface area contributed by atoms with E-state index < -0.39 is 10.8 Å². The lowest BCUT2D eigenvalue weighted by Gasteiger charge is -2.56. The van der Waals surface area contributed by atoms with Crippen LogP contribution in [-0.2, 0) is 10.8 Å². The molecule has 0 heterocycles. The summed E-state index contributed by atoms with van der Waals surface area (Å²) in [6.07, 6.45) is 9.93. The maximum atomic E-state index is 12.7. The molecule has 17 heavy (non-hydrogen) atoms. The van der Waals surface area contributed by atoms with Gasteiger partial charge in [-0.2, -0.15) is 0 Å². The van der Waals surface area contributed by atoms with E-state index >= 15 is 0 Å². The molecule has 96 valence electrons. The van der Waals surface area contributed by atoms with Crippen molar-refractivity contribution >= 4 is 39.0 Å². The molecule has 4 bridgehead atoms. The van der Waals surface area contributed by atoms with Crippen LogP contribution >= 0.6 is 24.0 Å². The van der Waals surface area contributed by atoms with Gasteiger partial charge in [0.05, 0.1) is 9.95 Å². The number of thioether (sulfide) groups is 1. The second-order valence-corrected chi connectivity index (χ2v) is 9.66. The normalized spacial score (nSPS) is 44.9. The molecule has 1 atom stereocenters. The molecule has 4 aliphatic rings. The maximum Gasteiger partial charge on any atom is 0.0654 e. The van der Waals surface area contributed by atoms with E-state index in [0.717, 1.165) is 22.0 Å². The van der Waals surface area contributed by atoms with Crippen LogP contribution in [0.3, 0.4) is 0 Å². The van der Waals surface area contributed by atoms with Crippen LogP contribution in [0.25, 0.3) is 0 Å². The van der Waals surface area contributed by atoms with E-state index in [1.807, 2.05) is 6.26 Å². The third-order valence-corrected chi connectivity index (χ3v) is 8.57. The number of hydrogen-bond acceptors (Lipinski definition) is 3. The lowest BCUT2D eigenvalue weighted by Crippen LogP contribution is -2.53. The van der Waals surface area contributed by atoms with Crippen LogP contribution in [-0.4, -0.2) is 25.2 Å². The summed E-state index contributed by atoms with van der Waals surface area (Å²) in [6.45, 7) is 0. The molecular weight excluding hydrogens is 268 g/mol. The van der Waals surface area contributed by atoms with Crippen LogP contribution in [0.2, 0.25) is 0 Å². The second kappa shape index (κ2) is 4.61. The number of hydrogen-bond donors (Lipinski definition) is 0. The van der Waals surface area contributed by atoms with Gasteiger partial charge in [0.15, 0.2) is 0 Å². The summed E-state index contributed by atoms with van der Waals surface area (Å²) in [7, 11) is -0.717. The van der Waals surface area contributed by atoms with Gasteiger partial charge in [0.1, 0.15) is 0 Å². The van der Waals surface area contributed by atoms with E-state index in [4.69, 9.17) is 12.2 Å². The fourth-order valence-electron chi connectivity index (χ4n) is 4.63. The Bertz CT molecular complexity index is 328. The Kier molecular flexibility index (Phi) is 3.42. The monoisotopic (exact) mass is 288 g/mol. The van der Waals surface area contributed by atoms with Gasteiger partial charge in [-0.05, 0) is 62.5 Å². The standard InChI is InChI=1S/C13H20OS3/c1-16-12(15)8-17(14)13-5-9-2-10(6-13)4-11(3-9)7-13/h9-11H,2-8H2,1H3. The van der Waals surface area contributed by atoms with Gasteiger partial charge in [-0.15, -0.1) is 11.8 Å². The van der Waals surface area contributed by atoms with Crippen LogP contribution in [0.15, 0.2) is 0 Å². The molecule has 0 saturated heterocycles. The van der Waals surface area contributed by atoms with Crippen molar-refractivity contribution in [2.75, 3.05) is 12.0 Å². The van der Waals surface area contributed by atoms with Gasteiger partial charge in [0.25, 0.3) is 0 Å². The summed E-state index contributed by atoms with van der Waals surface area (Å²) in [4.78, 5) is 0. The maximum absolute atomic E-state index is 12.7. The minimum Gasteiger partial charge on any atom is -0.259 e. The van der Waals surface area contributed by atoms with Crippen molar-refractivity contribution in [2.45, 2.75) is 43.3 Å². The molecule has 0 radical (unpaired) electrons. The van der Waals surface area contributed by atoms with Gasteiger partial charge < -0.3 is 0 Å². The van der Waals surface area contributed by atoms with Gasteiger partial charge in [0, 0.05) is 15.5 Å². The topological polar surface area (TPSA) is 17.1 Å². The van der Waals surface area contributed by atoms with E-state index in [-0.39, 0.29) is 4.75 Å².